The number of H-pyrrole nitrogens is 1. The Morgan fingerprint density at radius 3 is 2.50 bits per heavy atom. The van der Waals surface area contributed by atoms with Gasteiger partial charge in [0.1, 0.15) is 11.4 Å². The molecule has 0 fully saturated rings. The first kappa shape index (κ1) is 18.1. The van der Waals surface area contributed by atoms with Gasteiger partial charge in [-0.05, 0) is 41.8 Å². The second-order valence-electron chi connectivity index (χ2n) is 6.02. The van der Waals surface area contributed by atoms with E-state index in [0.29, 0.717) is 17.8 Å². The maximum atomic E-state index is 11.2. The zero-order chi connectivity index (χ0) is 18.5. The van der Waals surface area contributed by atoms with Gasteiger partial charge in [-0.2, -0.15) is 5.10 Å². The number of hydrogen-bond donors (Lipinski definition) is 2. The normalized spacial score (nSPS) is 12.8. The van der Waals surface area contributed by atoms with Crippen LogP contribution in [0.15, 0.2) is 75.1 Å². The quantitative estimate of drug-likeness (QED) is 0.374. The SMILES string of the molecule is Cc1ccccc1[C@@H](C/C(=N\O)c1ccc(=O)[nH]n1)c1ccc(Br)cc1. The van der Waals surface area contributed by atoms with Crippen LogP contribution in [0.3, 0.4) is 0 Å². The van der Waals surface area contributed by atoms with Gasteiger partial charge in [0, 0.05) is 22.9 Å². The first-order valence-corrected chi connectivity index (χ1v) is 8.96. The molecule has 1 atom stereocenters. The van der Waals surface area contributed by atoms with Crippen LogP contribution in [0.1, 0.15) is 34.7 Å². The number of aromatic amines is 1. The van der Waals surface area contributed by atoms with Crippen LogP contribution in [0.2, 0.25) is 0 Å². The fourth-order valence-corrected chi connectivity index (χ4v) is 3.24. The number of benzene rings is 2. The third-order valence-electron chi connectivity index (χ3n) is 4.33. The highest BCUT2D eigenvalue weighted by atomic mass is 79.9. The maximum absolute atomic E-state index is 11.2. The van der Waals surface area contributed by atoms with Gasteiger partial charge in [0.25, 0.3) is 5.56 Å². The minimum atomic E-state index is -0.297. The minimum absolute atomic E-state index is 0.0103. The van der Waals surface area contributed by atoms with Gasteiger partial charge < -0.3 is 5.21 Å². The van der Waals surface area contributed by atoms with Crippen molar-refractivity contribution in [2.45, 2.75) is 19.3 Å². The maximum Gasteiger partial charge on any atom is 0.264 e. The fourth-order valence-electron chi connectivity index (χ4n) is 2.98. The summed E-state index contributed by atoms with van der Waals surface area (Å²) in [5.41, 5.74) is 3.98. The molecule has 6 heteroatoms. The Bertz CT molecular complexity index is 960. The summed E-state index contributed by atoms with van der Waals surface area (Å²) in [7, 11) is 0. The second kappa shape index (κ2) is 8.10. The van der Waals surface area contributed by atoms with E-state index in [2.05, 4.69) is 62.5 Å². The van der Waals surface area contributed by atoms with Crippen LogP contribution in [0.5, 0.6) is 0 Å². The minimum Gasteiger partial charge on any atom is -0.411 e. The molecule has 0 spiro atoms. The lowest BCUT2D eigenvalue weighted by Gasteiger charge is -2.20. The van der Waals surface area contributed by atoms with Gasteiger partial charge in [-0.15, -0.1) is 0 Å². The molecular formula is C20H18BrN3O2. The summed E-state index contributed by atoms with van der Waals surface area (Å²) < 4.78 is 1.00. The van der Waals surface area contributed by atoms with Crippen molar-refractivity contribution in [3.8, 4) is 0 Å². The van der Waals surface area contributed by atoms with Crippen LogP contribution < -0.4 is 5.56 Å². The molecule has 3 aromatic rings. The zero-order valence-electron chi connectivity index (χ0n) is 14.2. The van der Waals surface area contributed by atoms with Crippen LogP contribution in [0.25, 0.3) is 0 Å². The molecule has 0 aliphatic carbocycles. The van der Waals surface area contributed by atoms with Crippen molar-refractivity contribution in [1.29, 1.82) is 0 Å². The molecule has 1 aromatic heterocycles. The summed E-state index contributed by atoms with van der Waals surface area (Å²) in [6.07, 6.45) is 0.446. The van der Waals surface area contributed by atoms with Gasteiger partial charge >= 0.3 is 0 Å². The molecule has 2 aromatic carbocycles. The van der Waals surface area contributed by atoms with Crippen molar-refractivity contribution in [2.24, 2.45) is 5.16 Å². The van der Waals surface area contributed by atoms with Crippen LogP contribution in [-0.2, 0) is 0 Å². The smallest absolute Gasteiger partial charge is 0.264 e. The summed E-state index contributed by atoms with van der Waals surface area (Å²) in [6.45, 7) is 2.06. The standard InChI is InChI=1S/C20H18BrN3O2/c1-13-4-2-3-5-16(13)17(14-6-8-15(21)9-7-14)12-19(24-26)18-10-11-20(25)23-22-18/h2-11,17,26H,12H2,1H3,(H,23,25)/b24-19+/t17-/m0/s1. The lowest BCUT2D eigenvalue weighted by Crippen LogP contribution is -2.16. The van der Waals surface area contributed by atoms with Crippen molar-refractivity contribution in [3.63, 3.8) is 0 Å². The van der Waals surface area contributed by atoms with E-state index in [1.165, 1.54) is 6.07 Å². The number of nitrogens with zero attached hydrogens (tertiary/aromatic N) is 2. The predicted octanol–water partition coefficient (Wildman–Crippen LogP) is 4.24. The van der Waals surface area contributed by atoms with Crippen molar-refractivity contribution in [3.05, 3.63) is 97.9 Å². The molecule has 0 saturated carbocycles. The predicted molar refractivity (Wildman–Crippen MR) is 105 cm³/mol. The Hall–Kier alpha value is -2.73. The van der Waals surface area contributed by atoms with Gasteiger partial charge in [-0.3, -0.25) is 4.79 Å². The Morgan fingerprint density at radius 1 is 1.15 bits per heavy atom. The molecule has 0 bridgehead atoms. The van der Waals surface area contributed by atoms with E-state index < -0.39 is 0 Å². The molecule has 1 heterocycles. The van der Waals surface area contributed by atoms with Gasteiger partial charge in [-0.1, -0.05) is 57.5 Å². The van der Waals surface area contributed by atoms with E-state index in [9.17, 15) is 10.0 Å². The molecule has 5 nitrogen and oxygen atoms in total. The molecule has 26 heavy (non-hydrogen) atoms. The van der Waals surface area contributed by atoms with E-state index in [1.807, 2.05) is 24.3 Å². The van der Waals surface area contributed by atoms with Crippen molar-refractivity contribution in [1.82, 2.24) is 10.2 Å². The molecule has 0 amide bonds. The van der Waals surface area contributed by atoms with Gasteiger partial charge in [0.15, 0.2) is 0 Å². The summed E-state index contributed by atoms with van der Waals surface area (Å²) in [5.74, 6) is -0.0103. The molecule has 132 valence electrons. The van der Waals surface area contributed by atoms with Crippen LogP contribution in [0, 0.1) is 6.92 Å². The zero-order valence-corrected chi connectivity index (χ0v) is 15.8. The van der Waals surface area contributed by atoms with Crippen LogP contribution in [0.4, 0.5) is 0 Å². The Labute approximate surface area is 159 Å². The monoisotopic (exact) mass is 411 g/mol. The molecule has 0 unspecified atom stereocenters. The van der Waals surface area contributed by atoms with Gasteiger partial charge in [0.05, 0.1) is 0 Å². The Balaban J connectivity index is 2.03. The van der Waals surface area contributed by atoms with E-state index in [4.69, 9.17) is 0 Å². The second-order valence-corrected chi connectivity index (χ2v) is 6.93. The number of hydrogen-bond acceptors (Lipinski definition) is 4. The topological polar surface area (TPSA) is 78.3 Å². The number of rotatable bonds is 5. The Morgan fingerprint density at radius 2 is 1.88 bits per heavy atom. The molecule has 0 aliphatic rings. The van der Waals surface area contributed by atoms with Gasteiger partial charge in [0.2, 0.25) is 0 Å². The van der Waals surface area contributed by atoms with Crippen LogP contribution >= 0.6 is 15.9 Å². The van der Waals surface area contributed by atoms with Crippen molar-refractivity contribution >= 4 is 21.6 Å². The highest BCUT2D eigenvalue weighted by molar-refractivity contribution is 9.10. The molecular weight excluding hydrogens is 394 g/mol. The molecule has 0 radical (unpaired) electrons. The number of halogens is 1. The summed E-state index contributed by atoms with van der Waals surface area (Å²) in [6, 6.07) is 19.2. The average Bonchev–Trinajstić information content (AvgIpc) is 2.66. The van der Waals surface area contributed by atoms with Crippen molar-refractivity contribution in [2.75, 3.05) is 0 Å². The summed E-state index contributed by atoms with van der Waals surface area (Å²) in [4.78, 5) is 11.2. The largest absolute Gasteiger partial charge is 0.411 e. The van der Waals surface area contributed by atoms with E-state index in [1.54, 1.807) is 6.07 Å². The third-order valence-corrected chi connectivity index (χ3v) is 4.86. The van der Waals surface area contributed by atoms with E-state index in [-0.39, 0.29) is 11.5 Å². The number of aromatic nitrogens is 2. The highest BCUT2D eigenvalue weighted by Crippen LogP contribution is 2.32. The summed E-state index contributed by atoms with van der Waals surface area (Å²) >= 11 is 3.47. The molecule has 3 rings (SSSR count). The lowest BCUT2D eigenvalue weighted by atomic mass is 9.84. The van der Waals surface area contributed by atoms with E-state index >= 15 is 0 Å². The molecule has 0 saturated heterocycles. The number of aryl methyl sites for hydroxylation is 1. The molecule has 2 N–H and O–H groups in total. The van der Waals surface area contributed by atoms with Crippen LogP contribution in [-0.4, -0.2) is 21.1 Å². The van der Waals surface area contributed by atoms with E-state index in [0.717, 1.165) is 21.2 Å². The average molecular weight is 412 g/mol. The first-order valence-electron chi connectivity index (χ1n) is 8.16. The highest BCUT2D eigenvalue weighted by Gasteiger charge is 2.21. The number of nitrogens with one attached hydrogen (secondary N) is 1. The van der Waals surface area contributed by atoms with Gasteiger partial charge in [-0.25, -0.2) is 5.10 Å². The fraction of sp³-hybridized carbons (Fsp3) is 0.150. The molecule has 0 aliphatic heterocycles. The third kappa shape index (κ3) is 4.08. The first-order chi connectivity index (χ1) is 12.6. The lowest BCUT2D eigenvalue weighted by molar-refractivity contribution is 0.317. The van der Waals surface area contributed by atoms with Crippen molar-refractivity contribution < 1.29 is 5.21 Å². The Kier molecular flexibility index (Phi) is 5.63. The number of oxime groups is 1. The summed E-state index contributed by atoms with van der Waals surface area (Å²) in [5, 5.41) is 19.4.